The van der Waals surface area contributed by atoms with Gasteiger partial charge in [-0.1, -0.05) is 30.3 Å². The second kappa shape index (κ2) is 5.06. The summed E-state index contributed by atoms with van der Waals surface area (Å²) >= 11 is 0. The van der Waals surface area contributed by atoms with E-state index in [9.17, 15) is 14.3 Å². The Morgan fingerprint density at radius 3 is 2.17 bits per heavy atom. The molecule has 1 aromatic rings. The SMILES string of the molecule is CC(C)(C)OC(=O)[C@](C)(F)[C@@H](O)c1ccccc1. The van der Waals surface area contributed by atoms with Crippen molar-refractivity contribution in [1.29, 1.82) is 0 Å². The van der Waals surface area contributed by atoms with E-state index in [1.807, 2.05) is 0 Å². The van der Waals surface area contributed by atoms with Crippen molar-refractivity contribution in [2.45, 2.75) is 45.1 Å². The van der Waals surface area contributed by atoms with Crippen molar-refractivity contribution in [3.8, 4) is 0 Å². The summed E-state index contributed by atoms with van der Waals surface area (Å²) in [5.41, 5.74) is -2.93. The highest BCUT2D eigenvalue weighted by molar-refractivity contribution is 5.80. The van der Waals surface area contributed by atoms with Gasteiger partial charge < -0.3 is 9.84 Å². The lowest BCUT2D eigenvalue weighted by Gasteiger charge is -2.29. The van der Waals surface area contributed by atoms with Crippen molar-refractivity contribution in [3.05, 3.63) is 35.9 Å². The smallest absolute Gasteiger partial charge is 0.347 e. The van der Waals surface area contributed by atoms with Crippen molar-refractivity contribution >= 4 is 5.97 Å². The van der Waals surface area contributed by atoms with Crippen LogP contribution in [0, 0.1) is 0 Å². The average molecular weight is 254 g/mol. The molecule has 4 heteroatoms. The zero-order chi connectivity index (χ0) is 14.0. The van der Waals surface area contributed by atoms with E-state index in [1.54, 1.807) is 51.1 Å². The van der Waals surface area contributed by atoms with Crippen LogP contribution in [0.1, 0.15) is 39.4 Å². The number of aliphatic hydroxyl groups excluding tert-OH is 1. The van der Waals surface area contributed by atoms with Gasteiger partial charge in [-0.2, -0.15) is 0 Å². The Labute approximate surface area is 107 Å². The van der Waals surface area contributed by atoms with Crippen LogP contribution < -0.4 is 0 Å². The number of carbonyl (C=O) groups excluding carboxylic acids is 1. The van der Waals surface area contributed by atoms with E-state index in [0.29, 0.717) is 5.56 Å². The first kappa shape index (κ1) is 14.6. The fourth-order valence-corrected chi connectivity index (χ4v) is 1.44. The Kier molecular flexibility index (Phi) is 4.12. The number of ether oxygens (including phenoxy) is 1. The second-order valence-electron chi connectivity index (χ2n) is 5.39. The maximum absolute atomic E-state index is 14.4. The molecule has 0 fully saturated rings. The fourth-order valence-electron chi connectivity index (χ4n) is 1.44. The highest BCUT2D eigenvalue weighted by atomic mass is 19.1. The van der Waals surface area contributed by atoms with E-state index in [1.165, 1.54) is 0 Å². The van der Waals surface area contributed by atoms with Crippen molar-refractivity contribution in [3.63, 3.8) is 0 Å². The normalized spacial score (nSPS) is 16.8. The number of rotatable bonds is 3. The van der Waals surface area contributed by atoms with Gasteiger partial charge in [0.05, 0.1) is 0 Å². The maximum atomic E-state index is 14.4. The van der Waals surface area contributed by atoms with E-state index in [4.69, 9.17) is 4.74 Å². The van der Waals surface area contributed by atoms with Crippen molar-refractivity contribution in [1.82, 2.24) is 0 Å². The quantitative estimate of drug-likeness (QED) is 0.844. The van der Waals surface area contributed by atoms with Crippen LogP contribution in [0.15, 0.2) is 30.3 Å². The molecule has 0 amide bonds. The Morgan fingerprint density at radius 2 is 1.72 bits per heavy atom. The minimum Gasteiger partial charge on any atom is -0.458 e. The average Bonchev–Trinajstić information content (AvgIpc) is 2.27. The highest BCUT2D eigenvalue weighted by Gasteiger charge is 2.44. The number of hydrogen-bond acceptors (Lipinski definition) is 3. The molecule has 0 radical (unpaired) electrons. The monoisotopic (exact) mass is 254 g/mol. The van der Waals surface area contributed by atoms with Gasteiger partial charge in [0.15, 0.2) is 0 Å². The molecule has 0 aliphatic carbocycles. The number of hydrogen-bond donors (Lipinski definition) is 1. The summed E-state index contributed by atoms with van der Waals surface area (Å²) in [6, 6.07) is 8.21. The molecular formula is C14H19FO3. The largest absolute Gasteiger partial charge is 0.458 e. The number of esters is 1. The lowest BCUT2D eigenvalue weighted by atomic mass is 9.94. The molecule has 0 aliphatic heterocycles. The molecule has 2 atom stereocenters. The third-order valence-corrected chi connectivity index (χ3v) is 2.43. The van der Waals surface area contributed by atoms with Gasteiger partial charge in [-0.15, -0.1) is 0 Å². The number of alkyl halides is 1. The first-order valence-corrected chi connectivity index (χ1v) is 5.80. The third kappa shape index (κ3) is 3.53. The van der Waals surface area contributed by atoms with Gasteiger partial charge in [-0.05, 0) is 33.3 Å². The summed E-state index contributed by atoms with van der Waals surface area (Å²) < 4.78 is 19.3. The predicted octanol–water partition coefficient (Wildman–Crippen LogP) is 2.79. The molecule has 0 bridgehead atoms. The molecule has 1 N–H and O–H groups in total. The highest BCUT2D eigenvalue weighted by Crippen LogP contribution is 2.31. The van der Waals surface area contributed by atoms with Crippen LogP contribution in [0.2, 0.25) is 0 Å². The van der Waals surface area contributed by atoms with E-state index in [0.717, 1.165) is 6.92 Å². The molecule has 100 valence electrons. The minimum absolute atomic E-state index is 0.341. The molecule has 0 heterocycles. The molecular weight excluding hydrogens is 235 g/mol. The lowest BCUT2D eigenvalue weighted by Crippen LogP contribution is -2.42. The van der Waals surface area contributed by atoms with E-state index in [-0.39, 0.29) is 0 Å². The zero-order valence-electron chi connectivity index (χ0n) is 11.1. The summed E-state index contributed by atoms with van der Waals surface area (Å²) in [6.45, 7) is 5.97. The van der Waals surface area contributed by atoms with Crippen LogP contribution >= 0.6 is 0 Å². The van der Waals surface area contributed by atoms with Crippen LogP contribution in [0.3, 0.4) is 0 Å². The Balaban J connectivity index is 2.89. The molecule has 0 saturated heterocycles. The third-order valence-electron chi connectivity index (χ3n) is 2.43. The van der Waals surface area contributed by atoms with Crippen molar-refractivity contribution in [2.24, 2.45) is 0 Å². The van der Waals surface area contributed by atoms with Crippen LogP contribution in [-0.4, -0.2) is 22.3 Å². The number of carbonyl (C=O) groups is 1. The van der Waals surface area contributed by atoms with Gasteiger partial charge in [0.1, 0.15) is 11.7 Å². The van der Waals surface area contributed by atoms with Crippen LogP contribution in [0.4, 0.5) is 4.39 Å². The van der Waals surface area contributed by atoms with Gasteiger partial charge in [-0.25, -0.2) is 9.18 Å². The standard InChI is InChI=1S/C14H19FO3/c1-13(2,3)18-12(17)14(4,15)11(16)10-8-6-5-7-9-10/h5-9,11,16H,1-4H3/t11-,14+/m0/s1. The van der Waals surface area contributed by atoms with Crippen LogP contribution in [0.25, 0.3) is 0 Å². The molecule has 0 spiro atoms. The predicted molar refractivity (Wildman–Crippen MR) is 66.8 cm³/mol. The summed E-state index contributed by atoms with van der Waals surface area (Å²) in [4.78, 5) is 11.7. The molecule has 0 aromatic heterocycles. The van der Waals surface area contributed by atoms with Crippen LogP contribution in [0.5, 0.6) is 0 Å². The first-order chi connectivity index (χ1) is 8.14. The number of aliphatic hydroxyl groups is 1. The number of halogens is 1. The Morgan fingerprint density at radius 1 is 1.22 bits per heavy atom. The molecule has 3 nitrogen and oxygen atoms in total. The van der Waals surface area contributed by atoms with Crippen molar-refractivity contribution < 1.29 is 19.0 Å². The van der Waals surface area contributed by atoms with Gasteiger partial charge >= 0.3 is 5.97 Å². The first-order valence-electron chi connectivity index (χ1n) is 5.80. The van der Waals surface area contributed by atoms with E-state index in [2.05, 4.69) is 0 Å². The maximum Gasteiger partial charge on any atom is 0.347 e. The molecule has 18 heavy (non-hydrogen) atoms. The summed E-state index contributed by atoms with van der Waals surface area (Å²) in [5.74, 6) is -1.06. The molecule has 1 rings (SSSR count). The topological polar surface area (TPSA) is 46.5 Å². The summed E-state index contributed by atoms with van der Waals surface area (Å²) in [7, 11) is 0. The minimum atomic E-state index is -2.48. The number of benzene rings is 1. The van der Waals surface area contributed by atoms with E-state index < -0.39 is 23.3 Å². The summed E-state index contributed by atoms with van der Waals surface area (Å²) in [6.07, 6.45) is -1.55. The molecule has 0 saturated carbocycles. The summed E-state index contributed by atoms with van der Waals surface area (Å²) in [5, 5.41) is 9.94. The van der Waals surface area contributed by atoms with Crippen LogP contribution in [-0.2, 0) is 9.53 Å². The Bertz CT molecular complexity index is 407. The molecule has 0 aliphatic rings. The van der Waals surface area contributed by atoms with Gasteiger partial charge in [0.25, 0.3) is 0 Å². The zero-order valence-corrected chi connectivity index (χ0v) is 11.1. The van der Waals surface area contributed by atoms with Gasteiger partial charge in [0, 0.05) is 0 Å². The van der Waals surface area contributed by atoms with Gasteiger partial charge in [-0.3, -0.25) is 0 Å². The molecule has 0 unspecified atom stereocenters. The van der Waals surface area contributed by atoms with Crippen molar-refractivity contribution in [2.75, 3.05) is 0 Å². The van der Waals surface area contributed by atoms with Gasteiger partial charge in [0.2, 0.25) is 5.67 Å². The second-order valence-corrected chi connectivity index (χ2v) is 5.39. The van der Waals surface area contributed by atoms with E-state index >= 15 is 0 Å². The fraction of sp³-hybridized carbons (Fsp3) is 0.500. The molecule has 1 aromatic carbocycles. The Hall–Kier alpha value is -1.42. The lowest BCUT2D eigenvalue weighted by molar-refractivity contribution is -0.176.